The van der Waals surface area contributed by atoms with Crippen molar-refractivity contribution in [3.05, 3.63) is 99.5 Å². The van der Waals surface area contributed by atoms with Crippen LogP contribution in [0.2, 0.25) is 0 Å². The summed E-state index contributed by atoms with van der Waals surface area (Å²) >= 11 is 0.936. The second-order valence-electron chi connectivity index (χ2n) is 10.0. The van der Waals surface area contributed by atoms with Crippen LogP contribution in [0.25, 0.3) is 6.08 Å². The van der Waals surface area contributed by atoms with E-state index in [2.05, 4.69) is 0 Å². The van der Waals surface area contributed by atoms with Crippen molar-refractivity contribution < 1.29 is 23.9 Å². The number of amides is 3. The first kappa shape index (κ1) is 27.5. The molecule has 0 radical (unpaired) electrons. The summed E-state index contributed by atoms with van der Waals surface area (Å²) in [5.41, 5.74) is 4.38. The van der Waals surface area contributed by atoms with Gasteiger partial charge in [-0.2, -0.15) is 0 Å². The van der Waals surface area contributed by atoms with E-state index in [1.807, 2.05) is 66.4 Å². The third-order valence-corrected chi connectivity index (χ3v) is 7.97. The third kappa shape index (κ3) is 6.39. The number of nitrogens with zero attached hydrogens (tertiary/aromatic N) is 2. The zero-order chi connectivity index (χ0) is 28.1. The van der Waals surface area contributed by atoms with Crippen LogP contribution in [0.4, 0.5) is 4.79 Å². The number of piperidine rings is 1. The van der Waals surface area contributed by atoms with Gasteiger partial charge in [0.1, 0.15) is 6.61 Å². The molecule has 0 atom stereocenters. The number of benzene rings is 3. The van der Waals surface area contributed by atoms with Crippen LogP contribution in [0.15, 0.2) is 71.6 Å². The van der Waals surface area contributed by atoms with Crippen molar-refractivity contribution in [1.82, 2.24) is 9.80 Å². The predicted molar refractivity (Wildman–Crippen MR) is 156 cm³/mol. The smallest absolute Gasteiger partial charge is 0.293 e. The van der Waals surface area contributed by atoms with Gasteiger partial charge in [0.15, 0.2) is 11.5 Å². The van der Waals surface area contributed by atoms with Gasteiger partial charge in [0.25, 0.3) is 17.1 Å². The standard InChI is InChI=1S/C32H32N2O5S/c1-22-6-8-23(9-7-22)20-34-31(36)29(40-32(34)37)19-25-12-15-27(28(18-25)38-2)39-21-24-10-13-26(14-11-24)30(35)33-16-4-3-5-17-33/h6-15,18-19H,3-5,16-17,20-21H2,1-2H3/b29-19-. The average Bonchev–Trinajstić information content (AvgIpc) is 3.25. The van der Waals surface area contributed by atoms with Gasteiger partial charge >= 0.3 is 0 Å². The Bertz CT molecular complexity index is 1430. The Morgan fingerprint density at radius 3 is 2.30 bits per heavy atom. The van der Waals surface area contributed by atoms with Gasteiger partial charge < -0.3 is 14.4 Å². The molecule has 3 amide bonds. The Kier molecular flexibility index (Phi) is 8.55. The Labute approximate surface area is 238 Å². The van der Waals surface area contributed by atoms with E-state index in [1.54, 1.807) is 25.3 Å². The summed E-state index contributed by atoms with van der Waals surface area (Å²) in [5.74, 6) is 0.847. The SMILES string of the molecule is COc1cc(/C=C2\SC(=O)N(Cc3ccc(C)cc3)C2=O)ccc1OCc1ccc(C(=O)N2CCCCC2)cc1. The van der Waals surface area contributed by atoms with Crippen molar-refractivity contribution in [3.8, 4) is 11.5 Å². The first-order valence-corrected chi connectivity index (χ1v) is 14.2. The molecule has 0 unspecified atom stereocenters. The van der Waals surface area contributed by atoms with Gasteiger partial charge in [0, 0.05) is 18.7 Å². The number of methoxy groups -OCH3 is 1. The highest BCUT2D eigenvalue weighted by Gasteiger charge is 2.35. The summed E-state index contributed by atoms with van der Waals surface area (Å²) in [6.07, 6.45) is 5.01. The van der Waals surface area contributed by atoms with Gasteiger partial charge in [-0.15, -0.1) is 0 Å². The molecule has 3 aromatic carbocycles. The number of carbonyl (C=O) groups is 3. The summed E-state index contributed by atoms with van der Waals surface area (Å²) in [5, 5.41) is -0.285. The summed E-state index contributed by atoms with van der Waals surface area (Å²) in [4.78, 5) is 41.8. The van der Waals surface area contributed by atoms with E-state index < -0.39 is 0 Å². The molecule has 2 heterocycles. The van der Waals surface area contributed by atoms with E-state index in [-0.39, 0.29) is 23.6 Å². The molecular formula is C32H32N2O5S. The molecule has 8 heteroatoms. The number of imide groups is 1. The van der Waals surface area contributed by atoms with Crippen LogP contribution in [-0.2, 0) is 17.9 Å². The predicted octanol–water partition coefficient (Wildman–Crippen LogP) is 6.45. The van der Waals surface area contributed by atoms with Crippen LogP contribution in [0.1, 0.15) is 51.9 Å². The van der Waals surface area contributed by atoms with Crippen molar-refractivity contribution >= 4 is 34.9 Å². The minimum Gasteiger partial charge on any atom is -0.493 e. The summed E-state index contributed by atoms with van der Waals surface area (Å²) < 4.78 is 11.6. The van der Waals surface area contributed by atoms with Crippen LogP contribution in [0.3, 0.4) is 0 Å². The summed E-state index contributed by atoms with van der Waals surface area (Å²) in [7, 11) is 1.56. The molecule has 7 nitrogen and oxygen atoms in total. The fraction of sp³-hybridized carbons (Fsp3) is 0.281. The van der Waals surface area contributed by atoms with Crippen LogP contribution >= 0.6 is 11.8 Å². The number of aryl methyl sites for hydroxylation is 1. The molecule has 0 aromatic heterocycles. The lowest BCUT2D eigenvalue weighted by molar-refractivity contribution is -0.123. The third-order valence-electron chi connectivity index (χ3n) is 7.06. The largest absolute Gasteiger partial charge is 0.493 e. The molecule has 2 saturated heterocycles. The molecule has 2 fully saturated rings. The van der Waals surface area contributed by atoms with Gasteiger partial charge in [0.2, 0.25) is 0 Å². The van der Waals surface area contributed by atoms with E-state index in [0.717, 1.165) is 59.9 Å². The number of hydrogen-bond acceptors (Lipinski definition) is 6. The molecular weight excluding hydrogens is 524 g/mol. The Morgan fingerprint density at radius 1 is 0.900 bits per heavy atom. The highest BCUT2D eigenvalue weighted by Crippen LogP contribution is 2.35. The molecule has 206 valence electrons. The Balaban J connectivity index is 1.22. The second kappa shape index (κ2) is 12.4. The molecule has 0 spiro atoms. The fourth-order valence-electron chi connectivity index (χ4n) is 4.74. The van der Waals surface area contributed by atoms with Crippen LogP contribution < -0.4 is 9.47 Å². The maximum atomic E-state index is 13.0. The molecule has 0 N–H and O–H groups in total. The Hall–Kier alpha value is -4.04. The summed E-state index contributed by atoms with van der Waals surface area (Å²) in [6, 6.07) is 20.7. The molecule has 5 rings (SSSR count). The molecule has 40 heavy (non-hydrogen) atoms. The van der Waals surface area contributed by atoms with Gasteiger partial charge in [-0.25, -0.2) is 0 Å². The van der Waals surface area contributed by atoms with Crippen LogP contribution in [0.5, 0.6) is 11.5 Å². The lowest BCUT2D eigenvalue weighted by atomic mass is 10.1. The fourth-order valence-corrected chi connectivity index (χ4v) is 5.58. The van der Waals surface area contributed by atoms with Gasteiger partial charge in [-0.3, -0.25) is 19.3 Å². The average molecular weight is 557 g/mol. The molecule has 2 aliphatic heterocycles. The first-order valence-electron chi connectivity index (χ1n) is 13.4. The number of carbonyl (C=O) groups excluding carboxylic acids is 3. The van der Waals surface area contributed by atoms with E-state index in [0.29, 0.717) is 28.6 Å². The number of ether oxygens (including phenoxy) is 2. The minimum absolute atomic E-state index is 0.0809. The van der Waals surface area contributed by atoms with Crippen molar-refractivity contribution in [1.29, 1.82) is 0 Å². The van der Waals surface area contributed by atoms with Crippen LogP contribution in [0, 0.1) is 6.92 Å². The topological polar surface area (TPSA) is 76.1 Å². The van der Waals surface area contributed by atoms with Gasteiger partial charge in [-0.05, 0) is 85.0 Å². The number of rotatable bonds is 8. The molecule has 2 aliphatic rings. The van der Waals surface area contributed by atoms with Crippen molar-refractivity contribution in [2.75, 3.05) is 20.2 Å². The second-order valence-corrected chi connectivity index (χ2v) is 11.0. The maximum absolute atomic E-state index is 13.0. The van der Waals surface area contributed by atoms with Gasteiger partial charge in [-0.1, -0.05) is 48.0 Å². The first-order chi connectivity index (χ1) is 19.4. The highest BCUT2D eigenvalue weighted by atomic mass is 32.2. The normalized spacial score (nSPS) is 16.5. The van der Waals surface area contributed by atoms with Crippen molar-refractivity contribution in [3.63, 3.8) is 0 Å². The molecule has 3 aromatic rings. The zero-order valence-electron chi connectivity index (χ0n) is 22.7. The van der Waals surface area contributed by atoms with E-state index >= 15 is 0 Å². The quantitative estimate of drug-likeness (QED) is 0.297. The van der Waals surface area contributed by atoms with E-state index in [9.17, 15) is 14.4 Å². The zero-order valence-corrected chi connectivity index (χ0v) is 23.5. The minimum atomic E-state index is -0.308. The highest BCUT2D eigenvalue weighted by molar-refractivity contribution is 8.18. The lowest BCUT2D eigenvalue weighted by Crippen LogP contribution is -2.35. The van der Waals surface area contributed by atoms with Crippen molar-refractivity contribution in [2.45, 2.75) is 39.3 Å². The van der Waals surface area contributed by atoms with Crippen LogP contribution in [-0.4, -0.2) is 47.1 Å². The maximum Gasteiger partial charge on any atom is 0.293 e. The summed E-state index contributed by atoms with van der Waals surface area (Å²) in [6.45, 7) is 4.20. The van der Waals surface area contributed by atoms with E-state index in [4.69, 9.17) is 9.47 Å². The number of hydrogen-bond donors (Lipinski definition) is 0. The molecule has 0 bridgehead atoms. The lowest BCUT2D eigenvalue weighted by Gasteiger charge is -2.26. The van der Waals surface area contributed by atoms with Gasteiger partial charge in [0.05, 0.1) is 18.6 Å². The number of likely N-dealkylation sites (tertiary alicyclic amines) is 1. The number of thioether (sulfide) groups is 1. The van der Waals surface area contributed by atoms with Crippen molar-refractivity contribution in [2.24, 2.45) is 0 Å². The monoisotopic (exact) mass is 556 g/mol. The molecule has 0 aliphatic carbocycles. The Morgan fingerprint density at radius 2 is 1.60 bits per heavy atom. The molecule has 0 saturated carbocycles. The van der Waals surface area contributed by atoms with E-state index in [1.165, 1.54) is 11.3 Å².